The third kappa shape index (κ3) is 6.87. The van der Waals surface area contributed by atoms with E-state index in [-0.39, 0.29) is 17.2 Å². The molecular formula is C22H24N2O6S. The van der Waals surface area contributed by atoms with E-state index >= 15 is 0 Å². The smallest absolute Gasteiger partial charge is 0.330 e. The molecule has 0 radical (unpaired) electrons. The number of carbonyl (C=O) groups is 3. The molecular weight excluding hydrogens is 420 g/mol. The molecule has 0 aliphatic heterocycles. The van der Waals surface area contributed by atoms with E-state index in [1.54, 1.807) is 37.3 Å². The molecule has 9 heteroatoms. The van der Waals surface area contributed by atoms with Crippen molar-refractivity contribution in [2.75, 3.05) is 25.5 Å². The van der Waals surface area contributed by atoms with Crippen molar-refractivity contribution in [2.24, 2.45) is 0 Å². The first-order chi connectivity index (χ1) is 14.6. The van der Waals surface area contributed by atoms with Crippen LogP contribution in [0.15, 0.2) is 59.5 Å². The maximum atomic E-state index is 12.6. The SMILES string of the molecule is CCOC(=O)/C=C/c1ccc(NC(=O)CN(C)S(=O)(=O)c2ccc(C(C)=O)cc2)cc1. The Hall–Kier alpha value is -3.30. The fourth-order valence-corrected chi connectivity index (χ4v) is 3.69. The third-order valence-electron chi connectivity index (χ3n) is 4.23. The van der Waals surface area contributed by atoms with Gasteiger partial charge in [-0.15, -0.1) is 0 Å². The predicted octanol–water partition coefficient (Wildman–Crippen LogP) is 2.72. The van der Waals surface area contributed by atoms with Gasteiger partial charge < -0.3 is 10.1 Å². The van der Waals surface area contributed by atoms with Crippen LogP contribution < -0.4 is 5.32 Å². The Bertz CT molecular complexity index is 1070. The van der Waals surface area contributed by atoms with Crippen molar-refractivity contribution in [3.63, 3.8) is 0 Å². The number of anilines is 1. The molecule has 0 heterocycles. The van der Waals surface area contributed by atoms with Crippen molar-refractivity contribution in [3.05, 3.63) is 65.7 Å². The Morgan fingerprint density at radius 3 is 2.19 bits per heavy atom. The summed E-state index contributed by atoms with van der Waals surface area (Å²) in [5, 5.41) is 2.63. The fourth-order valence-electron chi connectivity index (χ4n) is 2.56. The van der Waals surface area contributed by atoms with Gasteiger partial charge in [-0.05, 0) is 49.8 Å². The number of sulfonamides is 1. The molecule has 0 atom stereocenters. The number of hydrogen-bond donors (Lipinski definition) is 1. The molecule has 1 N–H and O–H groups in total. The lowest BCUT2D eigenvalue weighted by atomic mass is 10.2. The second-order valence-corrected chi connectivity index (χ2v) is 8.64. The van der Waals surface area contributed by atoms with Crippen LogP contribution in [0, 0.1) is 0 Å². The lowest BCUT2D eigenvalue weighted by Gasteiger charge is -2.17. The summed E-state index contributed by atoms with van der Waals surface area (Å²) in [5.41, 5.74) is 1.62. The normalized spacial score (nSPS) is 11.5. The van der Waals surface area contributed by atoms with E-state index in [4.69, 9.17) is 4.74 Å². The average Bonchev–Trinajstić information content (AvgIpc) is 2.73. The van der Waals surface area contributed by atoms with Gasteiger partial charge in [-0.3, -0.25) is 9.59 Å². The first-order valence-corrected chi connectivity index (χ1v) is 10.9. The highest BCUT2D eigenvalue weighted by Gasteiger charge is 2.23. The zero-order valence-corrected chi connectivity index (χ0v) is 18.3. The van der Waals surface area contributed by atoms with E-state index in [0.717, 1.165) is 9.87 Å². The minimum atomic E-state index is -3.89. The highest BCUT2D eigenvalue weighted by Crippen LogP contribution is 2.16. The van der Waals surface area contributed by atoms with Gasteiger partial charge in [-0.2, -0.15) is 4.31 Å². The van der Waals surface area contributed by atoms with Crippen LogP contribution in [-0.4, -0.2) is 50.6 Å². The number of likely N-dealkylation sites (N-methyl/N-ethyl adjacent to an activating group) is 1. The molecule has 0 spiro atoms. The Morgan fingerprint density at radius 1 is 1.03 bits per heavy atom. The van der Waals surface area contributed by atoms with Gasteiger partial charge >= 0.3 is 5.97 Å². The van der Waals surface area contributed by atoms with Crippen molar-refractivity contribution in [1.29, 1.82) is 0 Å². The molecule has 0 aliphatic rings. The standard InChI is InChI=1S/C22H24N2O6S/c1-4-30-22(27)14-7-17-5-10-19(11-6-17)23-21(26)15-24(3)31(28,29)20-12-8-18(9-13-20)16(2)25/h5-14H,4,15H2,1-3H3,(H,23,26)/b14-7+. The maximum Gasteiger partial charge on any atom is 0.330 e. The Kier molecular flexibility index (Phi) is 8.23. The highest BCUT2D eigenvalue weighted by molar-refractivity contribution is 7.89. The number of carbonyl (C=O) groups excluding carboxylic acids is 3. The van der Waals surface area contributed by atoms with Crippen LogP contribution in [0.5, 0.6) is 0 Å². The molecule has 8 nitrogen and oxygen atoms in total. The molecule has 1 amide bonds. The molecule has 2 rings (SSSR count). The Labute approximate surface area is 181 Å². The van der Waals surface area contributed by atoms with Crippen molar-refractivity contribution < 1.29 is 27.5 Å². The molecule has 164 valence electrons. The number of amides is 1. The molecule has 2 aromatic rings. The van der Waals surface area contributed by atoms with Gasteiger partial charge in [0, 0.05) is 24.4 Å². The van der Waals surface area contributed by atoms with Crippen molar-refractivity contribution in [2.45, 2.75) is 18.7 Å². The van der Waals surface area contributed by atoms with Crippen molar-refractivity contribution in [3.8, 4) is 0 Å². The molecule has 0 bridgehead atoms. The van der Waals surface area contributed by atoms with Crippen LogP contribution in [0.2, 0.25) is 0 Å². The van der Waals surface area contributed by atoms with Crippen LogP contribution >= 0.6 is 0 Å². The van der Waals surface area contributed by atoms with E-state index in [9.17, 15) is 22.8 Å². The van der Waals surface area contributed by atoms with E-state index < -0.39 is 21.9 Å². The van der Waals surface area contributed by atoms with E-state index in [0.29, 0.717) is 17.9 Å². The lowest BCUT2D eigenvalue weighted by Crippen LogP contribution is -2.35. The quantitative estimate of drug-likeness (QED) is 0.362. The van der Waals surface area contributed by atoms with E-state index in [2.05, 4.69) is 5.32 Å². The maximum absolute atomic E-state index is 12.6. The number of hydrogen-bond acceptors (Lipinski definition) is 6. The second-order valence-electron chi connectivity index (χ2n) is 6.60. The van der Waals surface area contributed by atoms with E-state index in [1.165, 1.54) is 44.3 Å². The van der Waals surface area contributed by atoms with E-state index in [1.807, 2.05) is 0 Å². The number of ether oxygens (including phenoxy) is 1. The third-order valence-corrected chi connectivity index (χ3v) is 6.05. The van der Waals surface area contributed by atoms with Crippen LogP contribution in [0.1, 0.15) is 29.8 Å². The minimum absolute atomic E-state index is 0.00876. The molecule has 0 fully saturated rings. The molecule has 0 saturated heterocycles. The lowest BCUT2D eigenvalue weighted by molar-refractivity contribution is -0.137. The molecule has 2 aromatic carbocycles. The zero-order chi connectivity index (χ0) is 23.0. The molecule has 31 heavy (non-hydrogen) atoms. The van der Waals surface area contributed by atoms with Crippen LogP contribution in [0.4, 0.5) is 5.69 Å². The highest BCUT2D eigenvalue weighted by atomic mass is 32.2. The number of rotatable bonds is 9. The molecule has 0 aliphatic carbocycles. The second kappa shape index (κ2) is 10.6. The topological polar surface area (TPSA) is 110 Å². The number of benzene rings is 2. The van der Waals surface area contributed by atoms with Gasteiger partial charge in [0.1, 0.15) is 0 Å². The largest absolute Gasteiger partial charge is 0.463 e. The predicted molar refractivity (Wildman–Crippen MR) is 117 cm³/mol. The van der Waals surface area contributed by atoms with Gasteiger partial charge in [0.05, 0.1) is 18.0 Å². The monoisotopic (exact) mass is 444 g/mol. The first kappa shape index (κ1) is 24.0. The van der Waals surface area contributed by atoms with Crippen LogP contribution in [-0.2, 0) is 24.3 Å². The summed E-state index contributed by atoms with van der Waals surface area (Å²) in [7, 11) is -2.58. The number of ketones is 1. The summed E-state index contributed by atoms with van der Waals surface area (Å²) in [6.07, 6.45) is 2.89. The summed E-state index contributed by atoms with van der Waals surface area (Å²) < 4.78 is 31.0. The summed E-state index contributed by atoms with van der Waals surface area (Å²) in [6.45, 7) is 3.02. The summed E-state index contributed by atoms with van der Waals surface area (Å²) in [5.74, 6) is -1.12. The number of nitrogens with zero attached hydrogens (tertiary/aromatic N) is 1. The van der Waals surface area contributed by atoms with Gasteiger partial charge in [0.25, 0.3) is 0 Å². The van der Waals surface area contributed by atoms with Gasteiger partial charge in [0.15, 0.2) is 5.78 Å². The minimum Gasteiger partial charge on any atom is -0.463 e. The van der Waals surface area contributed by atoms with Crippen molar-refractivity contribution >= 4 is 39.4 Å². The average molecular weight is 445 g/mol. The number of Topliss-reactive ketones (excluding diaryl/α,β-unsaturated/α-hetero) is 1. The summed E-state index contributed by atoms with van der Waals surface area (Å²) in [4.78, 5) is 34.9. The fraction of sp³-hybridized carbons (Fsp3) is 0.227. The number of esters is 1. The summed E-state index contributed by atoms with van der Waals surface area (Å²) >= 11 is 0. The Balaban J connectivity index is 1.98. The van der Waals surface area contributed by atoms with Crippen molar-refractivity contribution in [1.82, 2.24) is 4.31 Å². The first-order valence-electron chi connectivity index (χ1n) is 9.45. The zero-order valence-electron chi connectivity index (χ0n) is 17.5. The van der Waals surface area contributed by atoms with Gasteiger partial charge in [0.2, 0.25) is 15.9 Å². The van der Waals surface area contributed by atoms with Crippen LogP contribution in [0.3, 0.4) is 0 Å². The van der Waals surface area contributed by atoms with Gasteiger partial charge in [-0.1, -0.05) is 24.3 Å². The number of nitrogens with one attached hydrogen (secondary N) is 1. The summed E-state index contributed by atoms with van der Waals surface area (Å²) in [6, 6.07) is 12.2. The molecule has 0 aromatic heterocycles. The Morgan fingerprint density at radius 2 is 1.65 bits per heavy atom. The van der Waals surface area contributed by atoms with Gasteiger partial charge in [-0.25, -0.2) is 13.2 Å². The molecule has 0 saturated carbocycles. The molecule has 0 unspecified atom stereocenters. The van der Waals surface area contributed by atoms with Crippen LogP contribution in [0.25, 0.3) is 6.08 Å².